The maximum atomic E-state index is 11.3. The first-order valence-electron chi connectivity index (χ1n) is 6.86. The van der Waals surface area contributed by atoms with Crippen LogP contribution in [0.1, 0.15) is 25.4 Å². The molecule has 0 aliphatic rings. The predicted molar refractivity (Wildman–Crippen MR) is 79.8 cm³/mol. The number of rotatable bonds is 7. The van der Waals surface area contributed by atoms with Crippen LogP contribution in [0.5, 0.6) is 5.88 Å². The van der Waals surface area contributed by atoms with Gasteiger partial charge in [0.1, 0.15) is 11.6 Å². The largest absolute Gasteiger partial charge is 0.476 e. The summed E-state index contributed by atoms with van der Waals surface area (Å²) in [4.78, 5) is 19.1. The van der Waals surface area contributed by atoms with Gasteiger partial charge in [-0.05, 0) is 18.1 Å². The molecule has 8 nitrogen and oxygen atoms in total. The molecule has 0 saturated heterocycles. The molecular formula is C14H18N4O4. The van der Waals surface area contributed by atoms with Gasteiger partial charge in [0.25, 0.3) is 5.88 Å². The number of ether oxygens (including phenoxy) is 1. The smallest absolute Gasteiger partial charge is 0.372 e. The fraction of sp³-hybridized carbons (Fsp3) is 0.429. The Morgan fingerprint density at radius 2 is 2.23 bits per heavy atom. The van der Waals surface area contributed by atoms with Crippen molar-refractivity contribution in [2.24, 2.45) is 5.92 Å². The van der Waals surface area contributed by atoms with Crippen molar-refractivity contribution in [1.29, 1.82) is 0 Å². The summed E-state index contributed by atoms with van der Waals surface area (Å²) >= 11 is 0. The van der Waals surface area contributed by atoms with E-state index in [-0.39, 0.29) is 23.9 Å². The summed E-state index contributed by atoms with van der Waals surface area (Å²) in [5.41, 5.74) is -0.276. The summed E-state index contributed by atoms with van der Waals surface area (Å²) < 4.78 is 10.3. The highest BCUT2D eigenvalue weighted by Crippen LogP contribution is 2.32. The molecule has 118 valence electrons. The quantitative estimate of drug-likeness (QED) is 0.619. The molecule has 0 aliphatic carbocycles. The minimum Gasteiger partial charge on any atom is -0.476 e. The van der Waals surface area contributed by atoms with Gasteiger partial charge in [-0.3, -0.25) is 10.1 Å². The Morgan fingerprint density at radius 1 is 1.45 bits per heavy atom. The van der Waals surface area contributed by atoms with Gasteiger partial charge in [0.15, 0.2) is 0 Å². The summed E-state index contributed by atoms with van der Waals surface area (Å²) in [5, 5.41) is 14.2. The second-order valence-electron chi connectivity index (χ2n) is 5.13. The Bertz CT molecular complexity index is 641. The lowest BCUT2D eigenvalue weighted by Gasteiger charge is -2.10. The molecule has 0 fully saturated rings. The molecule has 2 aromatic rings. The predicted octanol–water partition coefficient (Wildman–Crippen LogP) is 2.80. The van der Waals surface area contributed by atoms with E-state index in [4.69, 9.17) is 9.15 Å². The second-order valence-corrected chi connectivity index (χ2v) is 5.13. The molecule has 0 radical (unpaired) electrons. The first kappa shape index (κ1) is 15.7. The SMILES string of the molecule is COc1nc(CC(C)C)nc(NCc2ccco2)c1[N+](=O)[O-]. The van der Waals surface area contributed by atoms with Crippen molar-refractivity contribution in [3.05, 3.63) is 40.1 Å². The molecule has 0 unspecified atom stereocenters. The van der Waals surface area contributed by atoms with Crippen molar-refractivity contribution in [2.75, 3.05) is 12.4 Å². The molecule has 0 bridgehead atoms. The molecule has 0 aromatic carbocycles. The van der Waals surface area contributed by atoms with Crippen LogP contribution in [0.2, 0.25) is 0 Å². The fourth-order valence-corrected chi connectivity index (χ4v) is 1.95. The molecule has 2 rings (SSSR count). The standard InChI is InChI=1S/C14H18N4O4/c1-9(2)7-11-16-13(15-8-10-5-4-6-22-10)12(18(19)20)14(17-11)21-3/h4-6,9H,7-8H2,1-3H3,(H,15,16,17). The zero-order chi connectivity index (χ0) is 16.1. The van der Waals surface area contributed by atoms with Gasteiger partial charge < -0.3 is 14.5 Å². The van der Waals surface area contributed by atoms with E-state index in [0.717, 1.165) is 0 Å². The van der Waals surface area contributed by atoms with Crippen LogP contribution in [0.4, 0.5) is 11.5 Å². The first-order chi connectivity index (χ1) is 10.5. The molecular weight excluding hydrogens is 288 g/mol. The molecule has 0 atom stereocenters. The Hall–Kier alpha value is -2.64. The summed E-state index contributed by atoms with van der Waals surface area (Å²) in [6.07, 6.45) is 2.14. The van der Waals surface area contributed by atoms with E-state index in [1.807, 2.05) is 13.8 Å². The molecule has 22 heavy (non-hydrogen) atoms. The highest BCUT2D eigenvalue weighted by atomic mass is 16.6. The van der Waals surface area contributed by atoms with Crippen LogP contribution in [0, 0.1) is 16.0 Å². The van der Waals surface area contributed by atoms with Crippen LogP contribution in [0.15, 0.2) is 22.8 Å². The number of methoxy groups -OCH3 is 1. The third kappa shape index (κ3) is 3.72. The van der Waals surface area contributed by atoms with Crippen LogP contribution in [0.25, 0.3) is 0 Å². The number of anilines is 1. The van der Waals surface area contributed by atoms with E-state index < -0.39 is 4.92 Å². The topological polar surface area (TPSA) is 103 Å². The molecule has 0 saturated carbocycles. The van der Waals surface area contributed by atoms with E-state index >= 15 is 0 Å². The van der Waals surface area contributed by atoms with Gasteiger partial charge in [0.05, 0.1) is 24.8 Å². The fourth-order valence-electron chi connectivity index (χ4n) is 1.95. The Balaban J connectivity index is 2.35. The van der Waals surface area contributed by atoms with Gasteiger partial charge in [-0.1, -0.05) is 13.8 Å². The first-order valence-corrected chi connectivity index (χ1v) is 6.86. The number of hydrogen-bond acceptors (Lipinski definition) is 7. The van der Waals surface area contributed by atoms with Crippen molar-refractivity contribution in [2.45, 2.75) is 26.8 Å². The Kier molecular flexibility index (Phi) is 4.92. The van der Waals surface area contributed by atoms with Crippen LogP contribution >= 0.6 is 0 Å². The average Bonchev–Trinajstić information content (AvgIpc) is 2.96. The average molecular weight is 306 g/mol. The van der Waals surface area contributed by atoms with Crippen LogP contribution < -0.4 is 10.1 Å². The van der Waals surface area contributed by atoms with Gasteiger partial charge in [-0.15, -0.1) is 0 Å². The third-order valence-electron chi connectivity index (χ3n) is 2.88. The number of hydrogen-bond donors (Lipinski definition) is 1. The van der Waals surface area contributed by atoms with Crippen molar-refractivity contribution in [3.63, 3.8) is 0 Å². The van der Waals surface area contributed by atoms with E-state index in [0.29, 0.717) is 23.9 Å². The lowest BCUT2D eigenvalue weighted by atomic mass is 10.1. The zero-order valence-electron chi connectivity index (χ0n) is 12.7. The third-order valence-corrected chi connectivity index (χ3v) is 2.88. The van der Waals surface area contributed by atoms with Gasteiger partial charge in [-0.25, -0.2) is 4.98 Å². The van der Waals surface area contributed by atoms with Gasteiger partial charge in [0, 0.05) is 6.42 Å². The minimum absolute atomic E-state index is 0.0439. The maximum Gasteiger partial charge on any atom is 0.372 e. The molecule has 2 heterocycles. The summed E-state index contributed by atoms with van der Waals surface area (Å²) in [6.45, 7) is 4.33. The monoisotopic (exact) mass is 306 g/mol. The van der Waals surface area contributed by atoms with E-state index in [1.54, 1.807) is 12.1 Å². The summed E-state index contributed by atoms with van der Waals surface area (Å²) in [7, 11) is 1.35. The van der Waals surface area contributed by atoms with Gasteiger partial charge in [0.2, 0.25) is 5.82 Å². The van der Waals surface area contributed by atoms with Crippen LogP contribution in [-0.4, -0.2) is 22.0 Å². The lowest BCUT2D eigenvalue weighted by molar-refractivity contribution is -0.385. The van der Waals surface area contributed by atoms with Crippen LogP contribution in [0.3, 0.4) is 0 Å². The number of nitrogens with one attached hydrogen (secondary N) is 1. The van der Waals surface area contributed by atoms with Crippen molar-refractivity contribution in [3.8, 4) is 5.88 Å². The molecule has 2 aromatic heterocycles. The normalized spacial score (nSPS) is 10.7. The zero-order valence-corrected chi connectivity index (χ0v) is 12.7. The highest BCUT2D eigenvalue weighted by molar-refractivity contribution is 5.61. The molecule has 1 N–H and O–H groups in total. The van der Waals surface area contributed by atoms with E-state index in [1.165, 1.54) is 13.4 Å². The Labute approximate surface area is 127 Å². The summed E-state index contributed by atoms with van der Waals surface area (Å²) in [6, 6.07) is 3.52. The van der Waals surface area contributed by atoms with Crippen molar-refractivity contribution < 1.29 is 14.1 Å². The molecule has 0 amide bonds. The Morgan fingerprint density at radius 3 is 2.77 bits per heavy atom. The van der Waals surface area contributed by atoms with Crippen molar-refractivity contribution >= 4 is 11.5 Å². The maximum absolute atomic E-state index is 11.3. The van der Waals surface area contributed by atoms with Gasteiger partial charge in [-0.2, -0.15) is 4.98 Å². The van der Waals surface area contributed by atoms with Crippen molar-refractivity contribution in [1.82, 2.24) is 9.97 Å². The summed E-state index contributed by atoms with van der Waals surface area (Å²) in [5.74, 6) is 1.56. The molecule has 0 spiro atoms. The molecule has 0 aliphatic heterocycles. The van der Waals surface area contributed by atoms with Crippen LogP contribution in [-0.2, 0) is 13.0 Å². The van der Waals surface area contributed by atoms with Gasteiger partial charge >= 0.3 is 5.69 Å². The number of nitrogens with zero attached hydrogens (tertiary/aromatic N) is 3. The number of aromatic nitrogens is 2. The second kappa shape index (κ2) is 6.88. The number of furan rings is 1. The minimum atomic E-state index is -0.553. The van der Waals surface area contributed by atoms with E-state index in [9.17, 15) is 10.1 Å². The lowest BCUT2D eigenvalue weighted by Crippen LogP contribution is -2.11. The van der Waals surface area contributed by atoms with E-state index in [2.05, 4.69) is 15.3 Å². The number of nitro groups is 1. The highest BCUT2D eigenvalue weighted by Gasteiger charge is 2.26. The molecule has 8 heteroatoms.